The first-order chi connectivity index (χ1) is 12.4. The van der Waals surface area contributed by atoms with Gasteiger partial charge in [-0.05, 0) is 39.5 Å². The second-order valence-corrected chi connectivity index (χ2v) is 7.23. The summed E-state index contributed by atoms with van der Waals surface area (Å²) >= 11 is 6.21. The summed E-state index contributed by atoms with van der Waals surface area (Å²) in [4.78, 5) is 29.8. The van der Waals surface area contributed by atoms with Crippen molar-refractivity contribution >= 4 is 22.8 Å². The lowest BCUT2D eigenvalue weighted by Crippen LogP contribution is -2.40. The monoisotopic (exact) mass is 384 g/mol. The van der Waals surface area contributed by atoms with Crippen LogP contribution in [0.1, 0.15) is 43.9 Å². The third kappa shape index (κ3) is 3.58. The molecule has 0 saturated carbocycles. The van der Waals surface area contributed by atoms with Gasteiger partial charge in [0.2, 0.25) is 0 Å². The summed E-state index contributed by atoms with van der Waals surface area (Å²) in [5, 5.41) is 0. The van der Waals surface area contributed by atoms with E-state index in [9.17, 15) is 9.59 Å². The van der Waals surface area contributed by atoms with Crippen molar-refractivity contribution in [2.45, 2.75) is 57.9 Å². The van der Waals surface area contributed by atoms with Gasteiger partial charge in [0.1, 0.15) is 11.3 Å². The first kappa shape index (κ1) is 19.1. The van der Waals surface area contributed by atoms with Crippen molar-refractivity contribution in [2.24, 2.45) is 7.05 Å². The van der Waals surface area contributed by atoms with E-state index in [0.29, 0.717) is 30.0 Å². The van der Waals surface area contributed by atoms with E-state index in [2.05, 4.69) is 4.98 Å². The van der Waals surface area contributed by atoms with Gasteiger partial charge >= 0.3 is 5.69 Å². The third-order valence-corrected chi connectivity index (χ3v) is 4.87. The van der Waals surface area contributed by atoms with Crippen molar-refractivity contribution < 1.29 is 9.47 Å². The van der Waals surface area contributed by atoms with Gasteiger partial charge in [0, 0.05) is 20.2 Å². The lowest BCUT2D eigenvalue weighted by atomic mass is 10.2. The third-order valence-electron chi connectivity index (χ3n) is 4.68. The summed E-state index contributed by atoms with van der Waals surface area (Å²) in [5.74, 6) is 0.602. The lowest BCUT2D eigenvalue weighted by Gasteiger charge is -2.22. The normalized spacial score (nSPS) is 19.2. The van der Waals surface area contributed by atoms with E-state index in [4.69, 9.17) is 21.1 Å². The highest BCUT2D eigenvalue weighted by molar-refractivity contribution is 6.19. The van der Waals surface area contributed by atoms with Crippen LogP contribution in [0.2, 0.25) is 0 Å². The number of fused-ring (bicyclic) bond motifs is 1. The molecule has 0 spiro atoms. The highest BCUT2D eigenvalue weighted by Gasteiger charge is 2.20. The van der Waals surface area contributed by atoms with Crippen LogP contribution in [0.25, 0.3) is 11.2 Å². The van der Waals surface area contributed by atoms with Crippen LogP contribution in [0.4, 0.5) is 0 Å². The molecule has 3 heterocycles. The number of aromatic nitrogens is 4. The van der Waals surface area contributed by atoms with Gasteiger partial charge in [-0.25, -0.2) is 9.78 Å². The van der Waals surface area contributed by atoms with Crippen LogP contribution in [0, 0.1) is 6.92 Å². The van der Waals surface area contributed by atoms with E-state index >= 15 is 0 Å². The largest absolute Gasteiger partial charge is 0.353 e. The van der Waals surface area contributed by atoms with E-state index in [1.54, 1.807) is 25.5 Å². The van der Waals surface area contributed by atoms with Crippen LogP contribution in [0.5, 0.6) is 0 Å². The predicted molar refractivity (Wildman–Crippen MR) is 98.7 cm³/mol. The van der Waals surface area contributed by atoms with Crippen molar-refractivity contribution in [3.63, 3.8) is 0 Å². The minimum absolute atomic E-state index is 0.174. The lowest BCUT2D eigenvalue weighted by molar-refractivity contribution is -0.163. The van der Waals surface area contributed by atoms with Crippen LogP contribution < -0.4 is 11.2 Å². The summed E-state index contributed by atoms with van der Waals surface area (Å²) in [6.07, 6.45) is 3.43. The van der Waals surface area contributed by atoms with Gasteiger partial charge in [-0.15, -0.1) is 0 Å². The average molecular weight is 385 g/mol. The highest BCUT2D eigenvalue weighted by atomic mass is 35.5. The number of ether oxygens (including phenoxy) is 2. The Kier molecular flexibility index (Phi) is 5.84. The van der Waals surface area contributed by atoms with Gasteiger partial charge < -0.3 is 14.0 Å². The zero-order chi connectivity index (χ0) is 18.8. The molecule has 1 aliphatic rings. The van der Waals surface area contributed by atoms with Gasteiger partial charge in [0.25, 0.3) is 5.56 Å². The minimum Gasteiger partial charge on any atom is -0.353 e. The molecule has 0 bridgehead atoms. The molecule has 2 unspecified atom stereocenters. The van der Waals surface area contributed by atoms with Crippen molar-refractivity contribution in [1.82, 2.24) is 18.7 Å². The Bertz CT molecular complexity index is 893. The molecular weight excluding hydrogens is 360 g/mol. The standard InChI is InChI=1S/C17H25ClN4O4/c1-11(18)22-12(2)19-15-14(22)16(23)21(17(24)20(15)3)8-6-10-26-13-7-4-5-9-25-13/h11,13H,4-10H2,1-3H3. The molecule has 2 aromatic rings. The number of nitrogens with zero attached hydrogens (tertiary/aromatic N) is 4. The van der Waals surface area contributed by atoms with Crippen molar-refractivity contribution in [2.75, 3.05) is 13.2 Å². The summed E-state index contributed by atoms with van der Waals surface area (Å²) in [7, 11) is 1.61. The van der Waals surface area contributed by atoms with Gasteiger partial charge in [-0.3, -0.25) is 13.9 Å². The fraction of sp³-hybridized carbons (Fsp3) is 0.706. The molecule has 3 rings (SSSR count). The second-order valence-electron chi connectivity index (χ2n) is 6.59. The summed E-state index contributed by atoms with van der Waals surface area (Å²) < 4.78 is 15.5. The van der Waals surface area contributed by atoms with Crippen LogP contribution in [0.3, 0.4) is 0 Å². The Hall–Kier alpha value is -1.64. The molecule has 0 amide bonds. The number of rotatable bonds is 6. The molecule has 0 aromatic carbocycles. The molecule has 1 fully saturated rings. The van der Waals surface area contributed by atoms with E-state index in [-0.39, 0.29) is 24.1 Å². The van der Waals surface area contributed by atoms with E-state index in [1.807, 2.05) is 0 Å². The van der Waals surface area contributed by atoms with E-state index < -0.39 is 5.50 Å². The number of hydrogen-bond donors (Lipinski definition) is 0. The zero-order valence-corrected chi connectivity index (χ0v) is 16.2. The van der Waals surface area contributed by atoms with Gasteiger partial charge in [0.05, 0.1) is 6.61 Å². The Morgan fingerprint density at radius 1 is 1.38 bits per heavy atom. The molecule has 2 atom stereocenters. The molecule has 26 heavy (non-hydrogen) atoms. The molecule has 0 aliphatic carbocycles. The number of imidazole rings is 1. The fourth-order valence-corrected chi connectivity index (χ4v) is 3.60. The van der Waals surface area contributed by atoms with E-state index in [0.717, 1.165) is 25.9 Å². The summed E-state index contributed by atoms with van der Waals surface area (Å²) in [5.41, 5.74) is -0.490. The predicted octanol–water partition coefficient (Wildman–Crippen LogP) is 1.90. The maximum absolute atomic E-state index is 12.9. The molecule has 0 N–H and O–H groups in total. The van der Waals surface area contributed by atoms with Crippen LogP contribution >= 0.6 is 11.6 Å². The van der Waals surface area contributed by atoms with Crippen molar-refractivity contribution in [3.8, 4) is 0 Å². The molecule has 1 aliphatic heterocycles. The van der Waals surface area contributed by atoms with Gasteiger partial charge in [-0.1, -0.05) is 11.6 Å². The Morgan fingerprint density at radius 3 is 2.81 bits per heavy atom. The number of aryl methyl sites for hydroxylation is 2. The molecule has 2 aromatic heterocycles. The Morgan fingerprint density at radius 2 is 2.15 bits per heavy atom. The van der Waals surface area contributed by atoms with Crippen molar-refractivity contribution in [1.29, 1.82) is 0 Å². The topological polar surface area (TPSA) is 80.3 Å². The van der Waals surface area contributed by atoms with Crippen LogP contribution in [-0.2, 0) is 23.1 Å². The van der Waals surface area contributed by atoms with E-state index in [1.165, 1.54) is 9.13 Å². The fourth-order valence-electron chi connectivity index (χ4n) is 3.36. The number of hydrogen-bond acceptors (Lipinski definition) is 5. The maximum Gasteiger partial charge on any atom is 0.332 e. The van der Waals surface area contributed by atoms with Gasteiger partial charge in [0.15, 0.2) is 17.5 Å². The van der Waals surface area contributed by atoms with Crippen LogP contribution in [0.15, 0.2) is 9.59 Å². The number of alkyl halides is 1. The maximum atomic E-state index is 12.9. The SMILES string of the molecule is Cc1nc2c(c(=O)n(CCCOC3CCCCO3)c(=O)n2C)n1C(C)Cl. The van der Waals surface area contributed by atoms with Gasteiger partial charge in [-0.2, -0.15) is 0 Å². The molecule has 9 heteroatoms. The molecule has 8 nitrogen and oxygen atoms in total. The minimum atomic E-state index is -0.439. The molecule has 0 radical (unpaired) electrons. The Balaban J connectivity index is 1.82. The second kappa shape index (κ2) is 7.94. The van der Waals surface area contributed by atoms with Crippen LogP contribution in [-0.4, -0.2) is 38.2 Å². The quantitative estimate of drug-likeness (QED) is 0.561. The van der Waals surface area contributed by atoms with Crippen molar-refractivity contribution in [3.05, 3.63) is 26.7 Å². The first-order valence-electron chi connectivity index (χ1n) is 8.97. The molecule has 144 valence electrons. The first-order valence-corrected chi connectivity index (χ1v) is 9.41. The average Bonchev–Trinajstić information content (AvgIpc) is 2.98. The zero-order valence-electron chi connectivity index (χ0n) is 15.4. The smallest absolute Gasteiger partial charge is 0.332 e. The summed E-state index contributed by atoms with van der Waals surface area (Å²) in [6.45, 7) is 4.96. The molecule has 1 saturated heterocycles. The summed E-state index contributed by atoms with van der Waals surface area (Å²) in [6, 6.07) is 0. The Labute approximate surface area is 156 Å². The highest BCUT2D eigenvalue weighted by Crippen LogP contribution is 2.19. The molecular formula is C17H25ClN4O4. The number of halogens is 1.